The molecule has 0 amide bonds. The minimum Gasteiger partial charge on any atom is -0.497 e. The number of H-pyrrole nitrogens is 2. The van der Waals surface area contributed by atoms with E-state index in [1.807, 2.05) is 36.4 Å². The summed E-state index contributed by atoms with van der Waals surface area (Å²) in [7, 11) is 1.60. The molecule has 4 aromatic rings. The summed E-state index contributed by atoms with van der Waals surface area (Å²) in [5.74, 6) is 1.50. The number of para-hydroxylation sites is 1. The second kappa shape index (κ2) is 5.13. The molecule has 2 heterocycles. The lowest BCUT2D eigenvalue weighted by molar-refractivity contribution is 0.414. The number of nitrogens with one attached hydrogen (secondary N) is 2. The lowest BCUT2D eigenvalue weighted by Gasteiger charge is -2.00. The van der Waals surface area contributed by atoms with Gasteiger partial charge in [0, 0.05) is 5.56 Å². The maximum atomic E-state index is 11.5. The topological polar surface area (TPSA) is 96.8 Å². The molecule has 2 aromatic heterocycles. The molecule has 7 nitrogen and oxygen atoms in total. The monoisotopic (exact) mass is 308 g/mol. The van der Waals surface area contributed by atoms with Crippen LogP contribution in [-0.2, 0) is 0 Å². The van der Waals surface area contributed by atoms with Crippen molar-refractivity contribution >= 4 is 11.0 Å². The lowest BCUT2D eigenvalue weighted by Crippen LogP contribution is -1.99. The molecule has 0 saturated carbocycles. The van der Waals surface area contributed by atoms with E-state index in [0.717, 1.165) is 5.56 Å². The van der Waals surface area contributed by atoms with Crippen LogP contribution in [0.5, 0.6) is 5.75 Å². The zero-order valence-corrected chi connectivity index (χ0v) is 12.2. The van der Waals surface area contributed by atoms with Gasteiger partial charge in [0.2, 0.25) is 5.82 Å². The molecule has 0 bridgehead atoms. The van der Waals surface area contributed by atoms with E-state index in [1.165, 1.54) is 0 Å². The summed E-state index contributed by atoms with van der Waals surface area (Å²) in [6, 6.07) is 12.8. The second-order valence-corrected chi connectivity index (χ2v) is 4.96. The van der Waals surface area contributed by atoms with Crippen LogP contribution in [0.3, 0.4) is 0 Å². The number of imidazole rings is 1. The summed E-state index contributed by atoms with van der Waals surface area (Å²) in [6.07, 6.45) is 0. The number of hydrogen-bond acceptors (Lipinski definition) is 5. The van der Waals surface area contributed by atoms with Crippen LogP contribution in [0.25, 0.3) is 33.9 Å². The Morgan fingerprint density at radius 1 is 1.13 bits per heavy atom. The molecule has 23 heavy (non-hydrogen) atoms. The second-order valence-electron chi connectivity index (χ2n) is 4.96. The average molecular weight is 308 g/mol. The molecule has 0 aliphatic heterocycles. The van der Waals surface area contributed by atoms with Gasteiger partial charge in [0.1, 0.15) is 5.75 Å². The van der Waals surface area contributed by atoms with E-state index in [2.05, 4.69) is 20.1 Å². The first-order valence-corrected chi connectivity index (χ1v) is 6.94. The van der Waals surface area contributed by atoms with Gasteiger partial charge in [0.25, 0.3) is 5.89 Å². The number of rotatable bonds is 3. The van der Waals surface area contributed by atoms with Gasteiger partial charge in [-0.05, 0) is 24.3 Å². The highest BCUT2D eigenvalue weighted by Crippen LogP contribution is 2.27. The Kier molecular flexibility index (Phi) is 2.97. The first-order valence-electron chi connectivity index (χ1n) is 6.94. The van der Waals surface area contributed by atoms with E-state index >= 15 is 0 Å². The summed E-state index contributed by atoms with van der Waals surface area (Å²) >= 11 is 0. The highest BCUT2D eigenvalue weighted by molar-refractivity contribution is 5.89. The molecule has 0 radical (unpaired) electrons. The molecule has 0 aliphatic carbocycles. The first kappa shape index (κ1) is 13.3. The minimum atomic E-state index is -0.278. The van der Waals surface area contributed by atoms with Crippen molar-refractivity contribution in [2.45, 2.75) is 0 Å². The number of ether oxygens (including phenoxy) is 1. The number of aromatic amines is 2. The van der Waals surface area contributed by atoms with Crippen LogP contribution < -0.4 is 10.4 Å². The van der Waals surface area contributed by atoms with Gasteiger partial charge < -0.3 is 19.2 Å². The molecule has 0 aliphatic rings. The standard InChI is InChI=1S/C16H12N4O3/c1-22-10-5-2-4-9(8-10)14-19-15(23-20-14)11-6-3-7-12-13(11)18-16(21)17-12/h2-8H,1H3,(H2,17,18,21). The number of nitrogens with zero attached hydrogens (tertiary/aromatic N) is 2. The third kappa shape index (κ3) is 2.28. The molecule has 0 unspecified atom stereocenters. The van der Waals surface area contributed by atoms with Crippen molar-refractivity contribution in [1.82, 2.24) is 20.1 Å². The molecule has 0 spiro atoms. The Morgan fingerprint density at radius 2 is 2.00 bits per heavy atom. The molecule has 7 heteroatoms. The van der Waals surface area contributed by atoms with Crippen LogP contribution in [0.15, 0.2) is 51.8 Å². The first-order chi connectivity index (χ1) is 11.2. The fourth-order valence-electron chi connectivity index (χ4n) is 2.45. The summed E-state index contributed by atoms with van der Waals surface area (Å²) in [4.78, 5) is 21.3. The van der Waals surface area contributed by atoms with Crippen LogP contribution in [-0.4, -0.2) is 27.2 Å². The largest absolute Gasteiger partial charge is 0.497 e. The Morgan fingerprint density at radius 3 is 2.87 bits per heavy atom. The third-order valence-electron chi connectivity index (χ3n) is 3.54. The predicted octanol–water partition coefficient (Wildman–Crippen LogP) is 2.58. The quantitative estimate of drug-likeness (QED) is 0.606. The van der Waals surface area contributed by atoms with Crippen LogP contribution in [0.4, 0.5) is 0 Å². The summed E-state index contributed by atoms with van der Waals surface area (Å²) in [5, 5.41) is 4.01. The summed E-state index contributed by atoms with van der Waals surface area (Å²) in [6.45, 7) is 0. The zero-order valence-electron chi connectivity index (χ0n) is 12.2. The molecule has 2 aromatic carbocycles. The van der Waals surface area contributed by atoms with E-state index in [9.17, 15) is 4.79 Å². The lowest BCUT2D eigenvalue weighted by atomic mass is 10.2. The van der Waals surface area contributed by atoms with E-state index in [0.29, 0.717) is 34.1 Å². The summed E-state index contributed by atoms with van der Waals surface area (Å²) < 4.78 is 10.6. The maximum Gasteiger partial charge on any atom is 0.323 e. The molecule has 0 atom stereocenters. The molecular formula is C16H12N4O3. The van der Waals surface area contributed by atoms with Gasteiger partial charge in [-0.3, -0.25) is 0 Å². The highest BCUT2D eigenvalue weighted by atomic mass is 16.5. The normalized spacial score (nSPS) is 11.0. The molecule has 2 N–H and O–H groups in total. The molecule has 0 saturated heterocycles. The van der Waals surface area contributed by atoms with E-state index < -0.39 is 0 Å². The summed E-state index contributed by atoms with van der Waals surface area (Å²) in [5.41, 5.74) is 2.50. The van der Waals surface area contributed by atoms with Gasteiger partial charge in [-0.1, -0.05) is 23.4 Å². The van der Waals surface area contributed by atoms with Crippen molar-refractivity contribution in [3.05, 3.63) is 52.9 Å². The Bertz CT molecular complexity index is 1040. The maximum absolute atomic E-state index is 11.5. The van der Waals surface area contributed by atoms with E-state index in [1.54, 1.807) is 13.2 Å². The number of benzene rings is 2. The van der Waals surface area contributed by atoms with Gasteiger partial charge in [-0.25, -0.2) is 4.79 Å². The van der Waals surface area contributed by atoms with Crippen molar-refractivity contribution in [3.63, 3.8) is 0 Å². The van der Waals surface area contributed by atoms with Gasteiger partial charge in [0.05, 0.1) is 23.7 Å². The third-order valence-corrected chi connectivity index (χ3v) is 3.54. The van der Waals surface area contributed by atoms with Crippen LogP contribution in [0.2, 0.25) is 0 Å². The van der Waals surface area contributed by atoms with Crippen molar-refractivity contribution in [1.29, 1.82) is 0 Å². The van der Waals surface area contributed by atoms with Crippen molar-refractivity contribution < 1.29 is 9.26 Å². The number of fused-ring (bicyclic) bond motifs is 1. The van der Waals surface area contributed by atoms with Crippen LogP contribution in [0.1, 0.15) is 0 Å². The van der Waals surface area contributed by atoms with Crippen LogP contribution >= 0.6 is 0 Å². The SMILES string of the molecule is COc1cccc(-c2noc(-c3cccc4[nH]c(=O)[nH]c34)n2)c1. The average Bonchev–Trinajstić information content (AvgIpc) is 3.20. The van der Waals surface area contributed by atoms with E-state index in [-0.39, 0.29) is 5.69 Å². The predicted molar refractivity (Wildman–Crippen MR) is 84.2 cm³/mol. The molecule has 0 fully saturated rings. The number of methoxy groups -OCH3 is 1. The molecule has 114 valence electrons. The highest BCUT2D eigenvalue weighted by Gasteiger charge is 2.15. The van der Waals surface area contributed by atoms with Crippen molar-refractivity contribution in [2.75, 3.05) is 7.11 Å². The molecular weight excluding hydrogens is 296 g/mol. The van der Waals surface area contributed by atoms with Crippen molar-refractivity contribution in [3.8, 4) is 28.6 Å². The smallest absolute Gasteiger partial charge is 0.323 e. The number of hydrogen-bond donors (Lipinski definition) is 2. The van der Waals surface area contributed by atoms with Gasteiger partial charge >= 0.3 is 5.69 Å². The Balaban J connectivity index is 1.81. The number of aromatic nitrogens is 4. The minimum absolute atomic E-state index is 0.278. The molecule has 4 rings (SSSR count). The van der Waals surface area contributed by atoms with E-state index in [4.69, 9.17) is 9.26 Å². The van der Waals surface area contributed by atoms with Crippen LogP contribution in [0, 0.1) is 0 Å². The van der Waals surface area contributed by atoms with Gasteiger partial charge in [-0.2, -0.15) is 4.98 Å². The fraction of sp³-hybridized carbons (Fsp3) is 0.0625. The van der Waals surface area contributed by atoms with Gasteiger partial charge in [-0.15, -0.1) is 0 Å². The fourth-order valence-corrected chi connectivity index (χ4v) is 2.45. The Hall–Kier alpha value is -3.35. The zero-order chi connectivity index (χ0) is 15.8. The van der Waals surface area contributed by atoms with Crippen molar-refractivity contribution in [2.24, 2.45) is 0 Å². The van der Waals surface area contributed by atoms with Gasteiger partial charge in [0.15, 0.2) is 0 Å². The Labute approximate surface area is 129 Å².